The Morgan fingerprint density at radius 1 is 1.53 bits per heavy atom. The van der Waals surface area contributed by atoms with E-state index in [1.807, 2.05) is 6.92 Å². The monoisotopic (exact) mass is 285 g/mol. The molecule has 1 unspecified atom stereocenters. The van der Waals surface area contributed by atoms with Crippen LogP contribution in [0.4, 0.5) is 0 Å². The highest BCUT2D eigenvalue weighted by molar-refractivity contribution is 6.31. The summed E-state index contributed by atoms with van der Waals surface area (Å²) >= 11 is 5.90. The molecule has 4 nitrogen and oxygen atoms in total. The summed E-state index contributed by atoms with van der Waals surface area (Å²) in [5.74, 6) is 0.311. The Kier molecular flexibility index (Phi) is 5.20. The van der Waals surface area contributed by atoms with E-state index in [-0.39, 0.29) is 12.5 Å². The zero-order valence-corrected chi connectivity index (χ0v) is 12.4. The summed E-state index contributed by atoms with van der Waals surface area (Å²) in [6.45, 7) is 6.90. The molecule has 0 fully saturated rings. The molecule has 0 aliphatic carbocycles. The summed E-state index contributed by atoms with van der Waals surface area (Å²) in [5, 5.41) is 12.9. The second-order valence-electron chi connectivity index (χ2n) is 5.15. The number of halogens is 1. The molecule has 0 radical (unpaired) electrons. The molecule has 0 aliphatic rings. The van der Waals surface area contributed by atoms with E-state index in [2.05, 4.69) is 5.32 Å². The maximum absolute atomic E-state index is 11.7. The van der Waals surface area contributed by atoms with Crippen LogP contribution in [-0.2, 0) is 4.79 Å². The van der Waals surface area contributed by atoms with Crippen LogP contribution in [0.5, 0.6) is 5.75 Å². The van der Waals surface area contributed by atoms with E-state index in [9.17, 15) is 9.90 Å². The molecule has 1 atom stereocenters. The molecule has 0 aromatic heterocycles. The third-order valence-corrected chi connectivity index (χ3v) is 3.43. The first kappa shape index (κ1) is 15.8. The summed E-state index contributed by atoms with van der Waals surface area (Å²) in [6, 6.07) is 5.21. The van der Waals surface area contributed by atoms with Crippen molar-refractivity contribution in [3.8, 4) is 5.75 Å². The number of hydrogen-bond acceptors (Lipinski definition) is 3. The van der Waals surface area contributed by atoms with Gasteiger partial charge in [-0.05, 0) is 51.5 Å². The average Bonchev–Trinajstić information content (AvgIpc) is 2.30. The molecule has 0 bridgehead atoms. The minimum atomic E-state index is -0.684. The van der Waals surface area contributed by atoms with Crippen molar-refractivity contribution in [3.05, 3.63) is 28.8 Å². The van der Waals surface area contributed by atoms with Crippen molar-refractivity contribution in [2.75, 3.05) is 6.61 Å². The number of hydrogen-bond donors (Lipinski definition) is 2. The zero-order valence-electron chi connectivity index (χ0n) is 11.7. The van der Waals surface area contributed by atoms with Gasteiger partial charge in [0.05, 0.1) is 11.6 Å². The van der Waals surface area contributed by atoms with Crippen molar-refractivity contribution in [1.29, 1.82) is 0 Å². The Labute approximate surface area is 118 Å². The van der Waals surface area contributed by atoms with E-state index in [4.69, 9.17) is 16.3 Å². The Morgan fingerprint density at radius 2 is 2.16 bits per heavy atom. The molecule has 19 heavy (non-hydrogen) atoms. The van der Waals surface area contributed by atoms with Gasteiger partial charge in [-0.15, -0.1) is 0 Å². The molecule has 2 N–H and O–H groups in total. The second-order valence-corrected chi connectivity index (χ2v) is 5.55. The van der Waals surface area contributed by atoms with Crippen LogP contribution in [-0.4, -0.2) is 29.3 Å². The summed E-state index contributed by atoms with van der Waals surface area (Å²) in [5.41, 5.74) is 0.208. The van der Waals surface area contributed by atoms with Gasteiger partial charge in [0, 0.05) is 5.02 Å². The highest BCUT2D eigenvalue weighted by Crippen LogP contribution is 2.20. The number of aryl methyl sites for hydroxylation is 1. The van der Waals surface area contributed by atoms with E-state index in [0.29, 0.717) is 10.8 Å². The maximum atomic E-state index is 11.7. The number of aliphatic hydroxyl groups is 1. The van der Waals surface area contributed by atoms with Gasteiger partial charge in [0.2, 0.25) is 0 Å². The van der Waals surface area contributed by atoms with Gasteiger partial charge in [0.15, 0.2) is 6.61 Å². The normalized spacial score (nSPS) is 12.9. The average molecular weight is 286 g/mol. The number of amides is 1. The van der Waals surface area contributed by atoms with Gasteiger partial charge >= 0.3 is 0 Å². The van der Waals surface area contributed by atoms with Crippen LogP contribution in [0.1, 0.15) is 26.3 Å². The highest BCUT2D eigenvalue weighted by atomic mass is 35.5. The molecule has 106 valence electrons. The largest absolute Gasteiger partial charge is 0.484 e. The summed E-state index contributed by atoms with van der Waals surface area (Å²) in [6.07, 6.45) is -0.644. The van der Waals surface area contributed by atoms with Crippen molar-refractivity contribution >= 4 is 17.5 Å². The van der Waals surface area contributed by atoms with Gasteiger partial charge < -0.3 is 15.2 Å². The van der Waals surface area contributed by atoms with Crippen molar-refractivity contribution in [2.45, 2.75) is 39.3 Å². The fourth-order valence-corrected chi connectivity index (χ4v) is 1.47. The maximum Gasteiger partial charge on any atom is 0.258 e. The smallest absolute Gasteiger partial charge is 0.258 e. The van der Waals surface area contributed by atoms with Crippen molar-refractivity contribution in [2.24, 2.45) is 0 Å². The molecule has 0 saturated carbocycles. The van der Waals surface area contributed by atoms with Crippen LogP contribution in [0.25, 0.3) is 0 Å². The number of benzene rings is 1. The highest BCUT2D eigenvalue weighted by Gasteiger charge is 2.25. The lowest BCUT2D eigenvalue weighted by Crippen LogP contribution is -2.52. The van der Waals surface area contributed by atoms with E-state index in [1.54, 1.807) is 39.0 Å². The van der Waals surface area contributed by atoms with E-state index < -0.39 is 11.6 Å². The van der Waals surface area contributed by atoms with Gasteiger partial charge in [-0.2, -0.15) is 0 Å². The third kappa shape index (κ3) is 4.73. The third-order valence-electron chi connectivity index (χ3n) is 3.01. The summed E-state index contributed by atoms with van der Waals surface area (Å²) in [4.78, 5) is 11.7. The van der Waals surface area contributed by atoms with Crippen molar-refractivity contribution in [1.82, 2.24) is 5.32 Å². The Morgan fingerprint density at radius 3 is 2.68 bits per heavy atom. The van der Waals surface area contributed by atoms with Gasteiger partial charge in [-0.1, -0.05) is 11.6 Å². The first-order valence-corrected chi connectivity index (χ1v) is 6.48. The second kappa shape index (κ2) is 6.26. The van der Waals surface area contributed by atoms with Gasteiger partial charge in [-0.3, -0.25) is 4.79 Å². The molecule has 0 heterocycles. The van der Waals surface area contributed by atoms with Crippen LogP contribution in [0.15, 0.2) is 18.2 Å². The number of rotatable bonds is 5. The Balaban J connectivity index is 2.53. The molecular weight excluding hydrogens is 266 g/mol. The van der Waals surface area contributed by atoms with E-state index in [1.165, 1.54) is 0 Å². The van der Waals surface area contributed by atoms with Crippen LogP contribution in [0, 0.1) is 6.92 Å². The lowest BCUT2D eigenvalue weighted by molar-refractivity contribution is -0.126. The van der Waals surface area contributed by atoms with Crippen molar-refractivity contribution < 1.29 is 14.6 Å². The van der Waals surface area contributed by atoms with Crippen LogP contribution < -0.4 is 10.1 Å². The number of aliphatic hydroxyl groups excluding tert-OH is 1. The van der Waals surface area contributed by atoms with Crippen molar-refractivity contribution in [3.63, 3.8) is 0 Å². The SMILES string of the molecule is Cc1cc(OCC(=O)NC(C)(C)C(C)O)ccc1Cl. The first-order chi connectivity index (χ1) is 8.72. The predicted molar refractivity (Wildman–Crippen MR) is 75.6 cm³/mol. The quantitative estimate of drug-likeness (QED) is 0.873. The number of carbonyl (C=O) groups excluding carboxylic acids is 1. The summed E-state index contributed by atoms with van der Waals surface area (Å²) in [7, 11) is 0. The van der Waals surface area contributed by atoms with Crippen LogP contribution >= 0.6 is 11.6 Å². The molecule has 1 aromatic carbocycles. The molecule has 5 heteroatoms. The molecule has 1 aromatic rings. The minimum Gasteiger partial charge on any atom is -0.484 e. The summed E-state index contributed by atoms with van der Waals surface area (Å²) < 4.78 is 5.38. The lowest BCUT2D eigenvalue weighted by Gasteiger charge is -2.29. The predicted octanol–water partition coefficient (Wildman–Crippen LogP) is 2.30. The van der Waals surface area contributed by atoms with Gasteiger partial charge in [0.25, 0.3) is 5.91 Å². The standard InChI is InChI=1S/C14H20ClNO3/c1-9-7-11(5-6-12(9)15)19-8-13(18)16-14(3,4)10(2)17/h5-7,10,17H,8H2,1-4H3,(H,16,18). The topological polar surface area (TPSA) is 58.6 Å². The Hall–Kier alpha value is -1.26. The molecule has 1 rings (SSSR count). The first-order valence-electron chi connectivity index (χ1n) is 6.10. The minimum absolute atomic E-state index is 0.1000. The van der Waals surface area contributed by atoms with E-state index in [0.717, 1.165) is 5.56 Å². The van der Waals surface area contributed by atoms with Crippen LogP contribution in [0.3, 0.4) is 0 Å². The Bertz CT molecular complexity index is 458. The zero-order chi connectivity index (χ0) is 14.6. The number of carbonyl (C=O) groups is 1. The van der Waals surface area contributed by atoms with Crippen LogP contribution in [0.2, 0.25) is 5.02 Å². The number of ether oxygens (including phenoxy) is 1. The molecule has 0 saturated heterocycles. The lowest BCUT2D eigenvalue weighted by atomic mass is 9.99. The molecule has 0 aliphatic heterocycles. The van der Waals surface area contributed by atoms with E-state index >= 15 is 0 Å². The van der Waals surface area contributed by atoms with Gasteiger partial charge in [0.1, 0.15) is 5.75 Å². The molecular formula is C14H20ClNO3. The number of nitrogens with one attached hydrogen (secondary N) is 1. The fourth-order valence-electron chi connectivity index (χ4n) is 1.36. The molecule has 1 amide bonds. The van der Waals surface area contributed by atoms with Gasteiger partial charge in [-0.25, -0.2) is 0 Å². The molecule has 0 spiro atoms. The fraction of sp³-hybridized carbons (Fsp3) is 0.500.